The minimum absolute atomic E-state index is 0.00466. The molecule has 0 saturated carbocycles. The number of amidine groups is 1. The lowest BCUT2D eigenvalue weighted by Crippen LogP contribution is -2.34. The predicted molar refractivity (Wildman–Crippen MR) is 121 cm³/mol. The number of aromatic nitrogens is 1. The fourth-order valence-corrected chi connectivity index (χ4v) is 3.88. The third-order valence-corrected chi connectivity index (χ3v) is 5.47. The Labute approximate surface area is 180 Å². The molecule has 0 radical (unpaired) electrons. The van der Waals surface area contributed by atoms with Crippen LogP contribution in [-0.2, 0) is 11.3 Å². The van der Waals surface area contributed by atoms with Crippen molar-refractivity contribution in [3.63, 3.8) is 0 Å². The molecule has 0 fully saturated rings. The van der Waals surface area contributed by atoms with Crippen molar-refractivity contribution < 1.29 is 9.59 Å². The average Bonchev–Trinajstić information content (AvgIpc) is 3.19. The van der Waals surface area contributed by atoms with Gasteiger partial charge in [0.25, 0.3) is 5.91 Å². The van der Waals surface area contributed by atoms with Crippen LogP contribution in [0.5, 0.6) is 0 Å². The molecule has 2 aromatic rings. The quantitative estimate of drug-likeness (QED) is 0.676. The van der Waals surface area contributed by atoms with E-state index in [0.29, 0.717) is 48.7 Å². The van der Waals surface area contributed by atoms with Gasteiger partial charge in [0, 0.05) is 47.8 Å². The van der Waals surface area contributed by atoms with Gasteiger partial charge in [-0.05, 0) is 31.1 Å². The summed E-state index contributed by atoms with van der Waals surface area (Å²) in [7, 11) is 0. The summed E-state index contributed by atoms with van der Waals surface area (Å²) < 4.78 is 0. The van der Waals surface area contributed by atoms with E-state index in [1.807, 2.05) is 22.4 Å². The van der Waals surface area contributed by atoms with Gasteiger partial charge in [0.1, 0.15) is 10.8 Å². The molecule has 3 N–H and O–H groups in total. The maximum absolute atomic E-state index is 13.0. The molecule has 8 heteroatoms. The average molecular weight is 426 g/mol. The Morgan fingerprint density at radius 1 is 1.23 bits per heavy atom. The van der Waals surface area contributed by atoms with Gasteiger partial charge in [0.15, 0.2) is 0 Å². The number of amides is 2. The first kappa shape index (κ1) is 21.7. The second kappa shape index (κ2) is 10.2. The largest absolute Gasteiger partial charge is 0.387 e. The van der Waals surface area contributed by atoms with Gasteiger partial charge in [0.05, 0.1) is 12.2 Å². The fraction of sp³-hybridized carbons (Fsp3) is 0.364. The molecule has 1 aromatic carbocycles. The summed E-state index contributed by atoms with van der Waals surface area (Å²) in [6, 6.07) is 5.26. The number of hydrogen-bond acceptors (Lipinski definition) is 6. The second-order valence-corrected chi connectivity index (χ2v) is 8.10. The third kappa shape index (κ3) is 5.33. The van der Waals surface area contributed by atoms with E-state index in [1.54, 1.807) is 18.3 Å². The summed E-state index contributed by atoms with van der Waals surface area (Å²) in [6.07, 6.45) is 5.65. The SMILES string of the molecule is CCCN(CCC)C(=O)C1=Cc2ccc(C(=O)NCc3nccs3)cc2N=C(N)C1. The van der Waals surface area contributed by atoms with Crippen molar-refractivity contribution in [2.45, 2.75) is 39.7 Å². The number of nitrogens with one attached hydrogen (secondary N) is 1. The Morgan fingerprint density at radius 2 is 2.00 bits per heavy atom. The molecule has 7 nitrogen and oxygen atoms in total. The van der Waals surface area contributed by atoms with Crippen LogP contribution in [-0.4, -0.2) is 40.6 Å². The van der Waals surface area contributed by atoms with Crippen molar-refractivity contribution in [2.75, 3.05) is 13.1 Å². The Balaban J connectivity index is 1.82. The van der Waals surface area contributed by atoms with Crippen LogP contribution >= 0.6 is 11.3 Å². The van der Waals surface area contributed by atoms with Crippen molar-refractivity contribution in [1.82, 2.24) is 15.2 Å². The molecule has 3 rings (SSSR count). The van der Waals surface area contributed by atoms with Gasteiger partial charge >= 0.3 is 0 Å². The summed E-state index contributed by atoms with van der Waals surface area (Å²) in [6.45, 7) is 5.92. The zero-order chi connectivity index (χ0) is 21.5. The van der Waals surface area contributed by atoms with E-state index in [-0.39, 0.29) is 11.8 Å². The smallest absolute Gasteiger partial charge is 0.251 e. The number of benzene rings is 1. The molecular weight excluding hydrogens is 398 g/mol. The Kier molecular flexibility index (Phi) is 7.35. The van der Waals surface area contributed by atoms with Gasteiger partial charge in [-0.15, -0.1) is 11.3 Å². The van der Waals surface area contributed by atoms with Crippen LogP contribution in [0, 0.1) is 0 Å². The lowest BCUT2D eigenvalue weighted by atomic mass is 10.0. The molecule has 2 heterocycles. The molecule has 2 amide bonds. The zero-order valence-electron chi connectivity index (χ0n) is 17.4. The maximum Gasteiger partial charge on any atom is 0.251 e. The topological polar surface area (TPSA) is 101 Å². The highest BCUT2D eigenvalue weighted by Gasteiger charge is 2.21. The molecule has 30 heavy (non-hydrogen) atoms. The summed E-state index contributed by atoms with van der Waals surface area (Å²) in [4.78, 5) is 36.0. The number of thiazole rings is 1. The lowest BCUT2D eigenvalue weighted by Gasteiger charge is -2.22. The van der Waals surface area contributed by atoms with Crippen molar-refractivity contribution in [2.24, 2.45) is 10.7 Å². The van der Waals surface area contributed by atoms with Crippen LogP contribution in [0.3, 0.4) is 0 Å². The highest BCUT2D eigenvalue weighted by atomic mass is 32.1. The monoisotopic (exact) mass is 425 g/mol. The molecule has 1 aliphatic rings. The van der Waals surface area contributed by atoms with Crippen LogP contribution in [0.25, 0.3) is 6.08 Å². The Morgan fingerprint density at radius 3 is 2.67 bits per heavy atom. The van der Waals surface area contributed by atoms with Gasteiger partial charge in [-0.2, -0.15) is 0 Å². The highest BCUT2D eigenvalue weighted by molar-refractivity contribution is 7.09. The number of hydrogen-bond donors (Lipinski definition) is 2. The minimum atomic E-state index is -0.205. The van der Waals surface area contributed by atoms with E-state index in [1.165, 1.54) is 11.3 Å². The summed E-state index contributed by atoms with van der Waals surface area (Å²) in [5.74, 6) is 0.153. The van der Waals surface area contributed by atoms with E-state index in [4.69, 9.17) is 5.73 Å². The third-order valence-electron chi connectivity index (χ3n) is 4.69. The van der Waals surface area contributed by atoms with Gasteiger partial charge in [0.2, 0.25) is 5.91 Å². The van der Waals surface area contributed by atoms with Gasteiger partial charge in [-0.3, -0.25) is 9.59 Å². The van der Waals surface area contributed by atoms with Crippen molar-refractivity contribution in [3.05, 3.63) is 51.5 Å². The molecule has 0 saturated heterocycles. The number of nitrogens with two attached hydrogens (primary N) is 1. The molecule has 1 aliphatic heterocycles. The van der Waals surface area contributed by atoms with E-state index in [9.17, 15) is 9.59 Å². The molecule has 1 aromatic heterocycles. The fourth-order valence-electron chi connectivity index (χ4n) is 3.33. The molecule has 0 atom stereocenters. The molecule has 158 valence electrons. The van der Waals surface area contributed by atoms with E-state index < -0.39 is 0 Å². The number of aliphatic imine (C=N–C) groups is 1. The van der Waals surface area contributed by atoms with Crippen LogP contribution in [0.1, 0.15) is 54.0 Å². The molecule has 0 unspecified atom stereocenters. The van der Waals surface area contributed by atoms with Gasteiger partial charge in [-0.25, -0.2) is 9.98 Å². The molecule has 0 spiro atoms. The summed E-state index contributed by atoms with van der Waals surface area (Å²) >= 11 is 1.49. The standard InChI is InChI=1S/C22H27N5O2S/c1-3-8-27(9-4-2)22(29)17-11-15-5-6-16(12-18(15)26-19(23)13-17)21(28)25-14-20-24-7-10-30-20/h5-7,10-12H,3-4,8-9,13-14H2,1-2H3,(H2,23,26)(H,25,28). The first-order valence-electron chi connectivity index (χ1n) is 10.1. The summed E-state index contributed by atoms with van der Waals surface area (Å²) in [5, 5.41) is 5.57. The van der Waals surface area contributed by atoms with Crippen LogP contribution < -0.4 is 11.1 Å². The van der Waals surface area contributed by atoms with Crippen molar-refractivity contribution in [1.29, 1.82) is 0 Å². The molecular formula is C22H27N5O2S. The van der Waals surface area contributed by atoms with Crippen LogP contribution in [0.2, 0.25) is 0 Å². The minimum Gasteiger partial charge on any atom is -0.387 e. The number of rotatable bonds is 8. The highest BCUT2D eigenvalue weighted by Crippen LogP contribution is 2.28. The first-order valence-corrected chi connectivity index (χ1v) is 11.0. The first-order chi connectivity index (χ1) is 14.5. The van der Waals surface area contributed by atoms with Crippen LogP contribution in [0.15, 0.2) is 40.3 Å². The van der Waals surface area contributed by atoms with Crippen molar-refractivity contribution in [3.8, 4) is 0 Å². The zero-order valence-corrected chi connectivity index (χ0v) is 18.2. The normalized spacial score (nSPS) is 13.0. The maximum atomic E-state index is 13.0. The Bertz CT molecular complexity index is 960. The molecule has 0 aliphatic carbocycles. The van der Waals surface area contributed by atoms with Crippen molar-refractivity contribution >= 4 is 40.8 Å². The lowest BCUT2D eigenvalue weighted by molar-refractivity contribution is -0.127. The summed E-state index contributed by atoms with van der Waals surface area (Å²) in [5.41, 5.74) is 8.59. The second-order valence-electron chi connectivity index (χ2n) is 7.12. The van der Waals surface area contributed by atoms with Gasteiger partial charge < -0.3 is 16.0 Å². The number of nitrogens with zero attached hydrogens (tertiary/aromatic N) is 3. The van der Waals surface area contributed by atoms with Crippen LogP contribution in [0.4, 0.5) is 5.69 Å². The number of carbonyl (C=O) groups is 2. The van der Waals surface area contributed by atoms with E-state index >= 15 is 0 Å². The Hall–Kier alpha value is -3.00. The predicted octanol–water partition coefficient (Wildman–Crippen LogP) is 3.50. The van der Waals surface area contributed by atoms with Gasteiger partial charge in [-0.1, -0.05) is 19.9 Å². The number of fused-ring (bicyclic) bond motifs is 1. The van der Waals surface area contributed by atoms with E-state index in [2.05, 4.69) is 29.1 Å². The molecule has 0 bridgehead atoms. The number of carbonyl (C=O) groups excluding carboxylic acids is 2. The van der Waals surface area contributed by atoms with E-state index in [0.717, 1.165) is 23.4 Å².